The second-order valence-electron chi connectivity index (χ2n) is 5.55. The highest BCUT2D eigenvalue weighted by molar-refractivity contribution is 7.10. The number of aromatic nitrogens is 1. The summed E-state index contributed by atoms with van der Waals surface area (Å²) in [5.41, 5.74) is 7.09. The van der Waals surface area contributed by atoms with Crippen LogP contribution < -0.4 is 5.73 Å². The molecule has 2 aromatic carbocycles. The molecule has 1 saturated heterocycles. The van der Waals surface area contributed by atoms with E-state index in [4.69, 9.17) is 22.1 Å². The Morgan fingerprint density at radius 3 is 2.54 bits per heavy atom. The number of carbonyl (C=O) groups is 1. The summed E-state index contributed by atoms with van der Waals surface area (Å²) in [6.45, 7) is 0. The molecule has 1 aliphatic heterocycles. The van der Waals surface area contributed by atoms with Crippen LogP contribution in [-0.2, 0) is 15.1 Å². The van der Waals surface area contributed by atoms with E-state index in [2.05, 4.69) is 4.98 Å². The van der Waals surface area contributed by atoms with E-state index in [1.54, 1.807) is 12.1 Å². The number of epoxide rings is 1. The number of hydrogen-bond donors (Lipinski definition) is 1. The monoisotopic (exact) mass is 356 g/mol. The van der Waals surface area contributed by atoms with Crippen molar-refractivity contribution >= 4 is 28.8 Å². The number of halogens is 1. The predicted octanol–water partition coefficient (Wildman–Crippen LogP) is 3.92. The maximum atomic E-state index is 12.1. The highest BCUT2D eigenvalue weighted by Gasteiger charge is 2.65. The standard InChI is InChI=1S/C18H13ClN2O2S/c19-13-8-6-11(7-9-13)14-10-24-17(21-14)18(16(20)22)15(23-18)12-4-2-1-3-5-12/h1-10,15H,(H2,20,22)/t15-,18-/m1/s1. The van der Waals surface area contributed by atoms with Crippen LogP contribution in [0.3, 0.4) is 0 Å². The second-order valence-corrected chi connectivity index (χ2v) is 6.85. The van der Waals surface area contributed by atoms with Crippen molar-refractivity contribution in [3.8, 4) is 11.3 Å². The molecular formula is C18H13ClN2O2S. The number of nitrogens with two attached hydrogens (primary N) is 1. The van der Waals surface area contributed by atoms with Crippen molar-refractivity contribution in [1.29, 1.82) is 0 Å². The van der Waals surface area contributed by atoms with Gasteiger partial charge in [-0.1, -0.05) is 54.1 Å². The largest absolute Gasteiger partial charge is 0.367 e. The van der Waals surface area contributed by atoms with Crippen molar-refractivity contribution in [3.63, 3.8) is 0 Å². The second kappa shape index (κ2) is 5.70. The van der Waals surface area contributed by atoms with Gasteiger partial charge >= 0.3 is 0 Å². The molecule has 2 heterocycles. The molecule has 0 bridgehead atoms. The molecule has 4 nitrogen and oxygen atoms in total. The topological polar surface area (TPSA) is 68.5 Å². The zero-order chi connectivity index (χ0) is 16.7. The molecule has 24 heavy (non-hydrogen) atoms. The number of primary amides is 1. The maximum Gasteiger partial charge on any atom is 0.260 e. The summed E-state index contributed by atoms with van der Waals surface area (Å²) >= 11 is 7.29. The smallest absolute Gasteiger partial charge is 0.260 e. The van der Waals surface area contributed by atoms with Gasteiger partial charge in [-0.3, -0.25) is 4.79 Å². The minimum atomic E-state index is -1.17. The van der Waals surface area contributed by atoms with Crippen molar-refractivity contribution in [2.45, 2.75) is 11.7 Å². The van der Waals surface area contributed by atoms with Crippen LogP contribution in [0, 0.1) is 0 Å². The molecule has 1 aromatic heterocycles. The summed E-state index contributed by atoms with van der Waals surface area (Å²) in [6, 6.07) is 17.0. The Hall–Kier alpha value is -2.21. The lowest BCUT2D eigenvalue weighted by Crippen LogP contribution is -2.30. The molecule has 0 spiro atoms. The van der Waals surface area contributed by atoms with E-state index in [0.717, 1.165) is 16.8 Å². The molecule has 6 heteroatoms. The molecule has 3 aromatic rings. The normalized spacial score (nSPS) is 22.3. The molecule has 1 fully saturated rings. The highest BCUT2D eigenvalue weighted by atomic mass is 35.5. The number of ether oxygens (including phenoxy) is 1. The van der Waals surface area contributed by atoms with E-state index < -0.39 is 11.5 Å². The third-order valence-electron chi connectivity index (χ3n) is 4.05. The Bertz CT molecular complexity index is 895. The van der Waals surface area contributed by atoms with E-state index in [0.29, 0.717) is 10.0 Å². The van der Waals surface area contributed by atoms with Crippen molar-refractivity contribution in [2.75, 3.05) is 0 Å². The van der Waals surface area contributed by atoms with E-state index in [1.807, 2.05) is 47.8 Å². The fourth-order valence-electron chi connectivity index (χ4n) is 2.74. The lowest BCUT2D eigenvalue weighted by Gasteiger charge is -2.05. The summed E-state index contributed by atoms with van der Waals surface area (Å²) < 4.78 is 5.76. The van der Waals surface area contributed by atoms with Crippen LogP contribution >= 0.6 is 22.9 Å². The molecule has 0 saturated carbocycles. The van der Waals surface area contributed by atoms with Gasteiger partial charge in [0.2, 0.25) is 5.60 Å². The van der Waals surface area contributed by atoms with Gasteiger partial charge < -0.3 is 10.5 Å². The molecule has 4 rings (SSSR count). The first-order valence-electron chi connectivity index (χ1n) is 7.36. The molecule has 0 aliphatic carbocycles. The zero-order valence-corrected chi connectivity index (χ0v) is 14.1. The molecule has 2 atom stereocenters. The number of amides is 1. The van der Waals surface area contributed by atoms with Crippen molar-refractivity contribution in [3.05, 3.63) is 75.6 Å². The Morgan fingerprint density at radius 2 is 1.88 bits per heavy atom. The van der Waals surface area contributed by atoms with E-state index in [9.17, 15) is 4.79 Å². The van der Waals surface area contributed by atoms with E-state index in [1.165, 1.54) is 11.3 Å². The summed E-state index contributed by atoms with van der Waals surface area (Å²) in [4.78, 5) is 16.7. The van der Waals surface area contributed by atoms with Gasteiger partial charge in [-0.25, -0.2) is 4.98 Å². The van der Waals surface area contributed by atoms with Crippen LogP contribution in [0.25, 0.3) is 11.3 Å². The third-order valence-corrected chi connectivity index (χ3v) is 5.26. The highest BCUT2D eigenvalue weighted by Crippen LogP contribution is 2.57. The van der Waals surface area contributed by atoms with Crippen molar-refractivity contribution in [1.82, 2.24) is 4.98 Å². The Labute approximate surface area is 147 Å². The average Bonchev–Trinajstić information content (AvgIpc) is 3.18. The van der Waals surface area contributed by atoms with Crippen LogP contribution in [0.15, 0.2) is 60.0 Å². The molecule has 120 valence electrons. The average molecular weight is 357 g/mol. The fourth-order valence-corrected chi connectivity index (χ4v) is 3.86. The van der Waals surface area contributed by atoms with Gasteiger partial charge in [0.15, 0.2) is 0 Å². The first kappa shape index (κ1) is 15.3. The van der Waals surface area contributed by atoms with Crippen LogP contribution in [0.4, 0.5) is 0 Å². The van der Waals surface area contributed by atoms with Crippen molar-refractivity contribution < 1.29 is 9.53 Å². The molecule has 0 unspecified atom stereocenters. The van der Waals surface area contributed by atoms with Crippen LogP contribution in [0.5, 0.6) is 0 Å². The maximum absolute atomic E-state index is 12.1. The number of carbonyl (C=O) groups excluding carboxylic acids is 1. The minimum Gasteiger partial charge on any atom is -0.367 e. The quantitative estimate of drug-likeness (QED) is 0.720. The van der Waals surface area contributed by atoms with Gasteiger partial charge in [-0.05, 0) is 17.7 Å². The van der Waals surface area contributed by atoms with Gasteiger partial charge in [0, 0.05) is 16.0 Å². The summed E-state index contributed by atoms with van der Waals surface area (Å²) in [5.74, 6) is -0.520. The Kier molecular flexibility index (Phi) is 3.64. The lowest BCUT2D eigenvalue weighted by molar-refractivity contribution is -0.123. The first-order valence-corrected chi connectivity index (χ1v) is 8.61. The van der Waals surface area contributed by atoms with Crippen LogP contribution in [-0.4, -0.2) is 10.9 Å². The SMILES string of the molecule is NC(=O)[C@]1(c2nc(-c3ccc(Cl)cc3)cs2)O[C@@H]1c1ccccc1. The summed E-state index contributed by atoms with van der Waals surface area (Å²) in [7, 11) is 0. The Morgan fingerprint density at radius 1 is 1.17 bits per heavy atom. The number of nitrogens with zero attached hydrogens (tertiary/aromatic N) is 1. The number of benzene rings is 2. The first-order chi connectivity index (χ1) is 11.6. The number of hydrogen-bond acceptors (Lipinski definition) is 4. The molecule has 1 amide bonds. The van der Waals surface area contributed by atoms with Crippen molar-refractivity contribution in [2.24, 2.45) is 5.73 Å². The van der Waals surface area contributed by atoms with Crippen LogP contribution in [0.1, 0.15) is 16.7 Å². The molecule has 0 radical (unpaired) electrons. The lowest BCUT2D eigenvalue weighted by atomic mass is 9.99. The van der Waals surface area contributed by atoms with E-state index in [-0.39, 0.29) is 6.10 Å². The minimum absolute atomic E-state index is 0.389. The predicted molar refractivity (Wildman–Crippen MR) is 93.7 cm³/mol. The number of rotatable bonds is 4. The van der Waals surface area contributed by atoms with Crippen LogP contribution in [0.2, 0.25) is 5.02 Å². The zero-order valence-electron chi connectivity index (χ0n) is 12.5. The van der Waals surface area contributed by atoms with Gasteiger partial charge in [-0.2, -0.15) is 0 Å². The number of thiazole rings is 1. The van der Waals surface area contributed by atoms with Gasteiger partial charge in [0.25, 0.3) is 5.91 Å². The van der Waals surface area contributed by atoms with Gasteiger partial charge in [0.05, 0.1) is 5.69 Å². The Balaban J connectivity index is 1.69. The van der Waals surface area contributed by atoms with Gasteiger partial charge in [-0.15, -0.1) is 11.3 Å². The summed E-state index contributed by atoms with van der Waals surface area (Å²) in [5, 5.41) is 3.14. The third kappa shape index (κ3) is 2.41. The summed E-state index contributed by atoms with van der Waals surface area (Å²) in [6.07, 6.45) is -0.389. The molecular weight excluding hydrogens is 344 g/mol. The van der Waals surface area contributed by atoms with Gasteiger partial charge in [0.1, 0.15) is 11.1 Å². The fraction of sp³-hybridized carbons (Fsp3) is 0.111. The van der Waals surface area contributed by atoms with E-state index >= 15 is 0 Å². The molecule has 1 aliphatic rings. The molecule has 2 N–H and O–H groups in total.